The predicted molar refractivity (Wildman–Crippen MR) is 115 cm³/mol. The van der Waals surface area contributed by atoms with Crippen molar-refractivity contribution in [2.24, 2.45) is 0 Å². The van der Waals surface area contributed by atoms with E-state index in [2.05, 4.69) is 70.7 Å². The minimum absolute atomic E-state index is 0.103. The summed E-state index contributed by atoms with van der Waals surface area (Å²) in [5, 5.41) is 14.1. The largest absolute Gasteiger partial charge is 0.368 e. The molecule has 1 saturated heterocycles. The number of aryl methyl sites for hydroxylation is 3. The molecule has 2 heterocycles. The van der Waals surface area contributed by atoms with E-state index < -0.39 is 0 Å². The van der Waals surface area contributed by atoms with Crippen LogP contribution < -0.4 is 10.2 Å². The molecule has 1 amide bonds. The fourth-order valence-electron chi connectivity index (χ4n) is 3.57. The van der Waals surface area contributed by atoms with E-state index in [-0.39, 0.29) is 5.91 Å². The third-order valence-corrected chi connectivity index (χ3v) is 5.45. The van der Waals surface area contributed by atoms with Crippen LogP contribution >= 0.6 is 0 Å². The summed E-state index contributed by atoms with van der Waals surface area (Å²) in [6, 6.07) is 14.5. The van der Waals surface area contributed by atoms with E-state index >= 15 is 0 Å². The Bertz CT molecular complexity index is 1020. The number of hydrogen-bond acceptors (Lipinski definition) is 5. The minimum atomic E-state index is -0.103. The number of benzene rings is 2. The molecule has 1 aliphatic heterocycles. The monoisotopic (exact) mass is 390 g/mol. The van der Waals surface area contributed by atoms with Crippen LogP contribution in [-0.4, -0.2) is 52.4 Å². The fourth-order valence-corrected chi connectivity index (χ4v) is 3.57. The van der Waals surface area contributed by atoms with Crippen molar-refractivity contribution >= 4 is 23.1 Å². The van der Waals surface area contributed by atoms with Gasteiger partial charge in [-0.15, -0.1) is 10.2 Å². The van der Waals surface area contributed by atoms with Crippen LogP contribution in [0.1, 0.15) is 27.2 Å². The zero-order valence-electron chi connectivity index (χ0n) is 17.1. The molecule has 0 radical (unpaired) electrons. The van der Waals surface area contributed by atoms with E-state index in [1.807, 2.05) is 23.1 Å². The second-order valence-corrected chi connectivity index (χ2v) is 7.56. The molecule has 0 saturated carbocycles. The van der Waals surface area contributed by atoms with Crippen molar-refractivity contribution in [1.29, 1.82) is 0 Å². The van der Waals surface area contributed by atoms with Crippen molar-refractivity contribution in [1.82, 2.24) is 20.3 Å². The number of piperazine rings is 1. The quantitative estimate of drug-likeness (QED) is 0.714. The van der Waals surface area contributed by atoms with Gasteiger partial charge in [0, 0.05) is 37.6 Å². The summed E-state index contributed by atoms with van der Waals surface area (Å²) in [7, 11) is 0. The van der Waals surface area contributed by atoms with Gasteiger partial charge >= 0.3 is 0 Å². The number of carbonyl (C=O) groups excluding carboxylic acids is 1. The Labute approximate surface area is 170 Å². The van der Waals surface area contributed by atoms with Crippen LogP contribution in [0.25, 0.3) is 0 Å². The van der Waals surface area contributed by atoms with Crippen molar-refractivity contribution in [2.75, 3.05) is 36.4 Å². The number of rotatable bonds is 4. The average molecular weight is 390 g/mol. The lowest BCUT2D eigenvalue weighted by molar-refractivity contribution is 0.0742. The number of anilines is 3. The van der Waals surface area contributed by atoms with Crippen LogP contribution in [-0.2, 0) is 0 Å². The molecule has 1 aromatic heterocycles. The van der Waals surface area contributed by atoms with Crippen LogP contribution in [0, 0.1) is 20.8 Å². The fraction of sp³-hybridized carbons (Fsp3) is 0.318. The van der Waals surface area contributed by atoms with Gasteiger partial charge in [-0.2, -0.15) is 5.21 Å². The van der Waals surface area contributed by atoms with E-state index in [1.54, 1.807) is 0 Å². The Morgan fingerprint density at radius 1 is 0.966 bits per heavy atom. The smallest absolute Gasteiger partial charge is 0.278 e. The van der Waals surface area contributed by atoms with Gasteiger partial charge in [0.05, 0.1) is 0 Å². The molecule has 3 aromatic rings. The highest BCUT2D eigenvalue weighted by atomic mass is 16.2. The van der Waals surface area contributed by atoms with Gasteiger partial charge in [-0.1, -0.05) is 18.2 Å². The van der Waals surface area contributed by atoms with Crippen LogP contribution in [0.2, 0.25) is 0 Å². The number of nitrogens with zero attached hydrogens (tertiary/aromatic N) is 4. The van der Waals surface area contributed by atoms with Crippen molar-refractivity contribution in [3.8, 4) is 0 Å². The summed E-state index contributed by atoms with van der Waals surface area (Å²) in [5.74, 6) is 0.355. The Morgan fingerprint density at radius 2 is 1.76 bits per heavy atom. The molecule has 0 bridgehead atoms. The zero-order chi connectivity index (χ0) is 20.4. The first-order valence-electron chi connectivity index (χ1n) is 9.87. The Balaban J connectivity index is 1.43. The summed E-state index contributed by atoms with van der Waals surface area (Å²) < 4.78 is 0. The lowest BCUT2D eigenvalue weighted by Gasteiger charge is -2.36. The topological polar surface area (TPSA) is 77.2 Å². The van der Waals surface area contributed by atoms with Gasteiger partial charge in [0.25, 0.3) is 5.91 Å². The molecule has 4 rings (SSSR count). The first-order chi connectivity index (χ1) is 14.0. The highest BCUT2D eigenvalue weighted by Gasteiger charge is 2.26. The third-order valence-electron chi connectivity index (χ3n) is 5.45. The first-order valence-corrected chi connectivity index (χ1v) is 9.87. The zero-order valence-corrected chi connectivity index (χ0v) is 17.1. The molecular formula is C22H26N6O. The second kappa shape index (κ2) is 7.95. The summed E-state index contributed by atoms with van der Waals surface area (Å²) in [5.41, 5.74) is 6.06. The van der Waals surface area contributed by atoms with Gasteiger partial charge in [0.1, 0.15) is 0 Å². The van der Waals surface area contributed by atoms with Gasteiger partial charge in [-0.05, 0) is 61.7 Å². The number of carbonyl (C=O) groups is 1. The lowest BCUT2D eigenvalue weighted by Crippen LogP contribution is -2.49. The molecule has 0 atom stereocenters. The van der Waals surface area contributed by atoms with Gasteiger partial charge in [-0.25, -0.2) is 0 Å². The highest BCUT2D eigenvalue weighted by Crippen LogP contribution is 2.22. The number of aromatic amines is 1. The molecule has 0 aliphatic carbocycles. The molecule has 0 unspecified atom stereocenters. The molecule has 1 aliphatic rings. The molecular weight excluding hydrogens is 364 g/mol. The van der Waals surface area contributed by atoms with Gasteiger partial charge in [-0.3, -0.25) is 4.79 Å². The molecule has 7 nitrogen and oxygen atoms in total. The maximum atomic E-state index is 13.0. The molecule has 1 fully saturated rings. The standard InChI is InChI=1S/C22H26N6O/c1-15-5-4-6-19(13-15)27-9-11-28(12-10-27)22(29)20-21(25-26-24-20)23-18-8-7-16(2)17(3)14-18/h4-8,13-14H,9-12H2,1-3H3,(H2,23,24,25,26). The Kier molecular flexibility index (Phi) is 5.20. The third kappa shape index (κ3) is 4.08. The minimum Gasteiger partial charge on any atom is -0.368 e. The molecule has 150 valence electrons. The number of amides is 1. The van der Waals surface area contributed by atoms with E-state index in [0.29, 0.717) is 24.6 Å². The first kappa shape index (κ1) is 19.0. The molecule has 0 spiro atoms. The number of H-pyrrole nitrogens is 1. The SMILES string of the molecule is Cc1cccc(N2CCN(C(=O)c3n[nH]nc3Nc3ccc(C)c(C)c3)CC2)c1. The lowest BCUT2D eigenvalue weighted by atomic mass is 10.1. The van der Waals surface area contributed by atoms with Crippen molar-refractivity contribution in [2.45, 2.75) is 20.8 Å². The Morgan fingerprint density at radius 3 is 2.48 bits per heavy atom. The summed E-state index contributed by atoms with van der Waals surface area (Å²) in [6.45, 7) is 9.13. The predicted octanol–water partition coefficient (Wildman–Crippen LogP) is 3.44. The molecule has 2 aromatic carbocycles. The summed E-state index contributed by atoms with van der Waals surface area (Å²) in [4.78, 5) is 17.2. The summed E-state index contributed by atoms with van der Waals surface area (Å²) >= 11 is 0. The van der Waals surface area contributed by atoms with Crippen molar-refractivity contribution in [3.05, 3.63) is 64.8 Å². The van der Waals surface area contributed by atoms with Gasteiger partial charge < -0.3 is 15.1 Å². The molecule has 29 heavy (non-hydrogen) atoms. The van der Waals surface area contributed by atoms with E-state index in [0.717, 1.165) is 18.8 Å². The van der Waals surface area contributed by atoms with E-state index in [9.17, 15) is 4.79 Å². The summed E-state index contributed by atoms with van der Waals surface area (Å²) in [6.07, 6.45) is 0. The average Bonchev–Trinajstić information content (AvgIpc) is 3.18. The van der Waals surface area contributed by atoms with Crippen LogP contribution in [0.15, 0.2) is 42.5 Å². The van der Waals surface area contributed by atoms with Crippen LogP contribution in [0.3, 0.4) is 0 Å². The van der Waals surface area contributed by atoms with Gasteiger partial charge in [0.2, 0.25) is 0 Å². The van der Waals surface area contributed by atoms with Crippen LogP contribution in [0.4, 0.5) is 17.2 Å². The molecule has 2 N–H and O–H groups in total. The van der Waals surface area contributed by atoms with Crippen molar-refractivity contribution < 1.29 is 4.79 Å². The van der Waals surface area contributed by atoms with Crippen molar-refractivity contribution in [3.63, 3.8) is 0 Å². The second-order valence-electron chi connectivity index (χ2n) is 7.56. The van der Waals surface area contributed by atoms with Crippen LogP contribution in [0.5, 0.6) is 0 Å². The number of aromatic nitrogens is 3. The molecule has 7 heteroatoms. The maximum absolute atomic E-state index is 13.0. The number of nitrogens with one attached hydrogen (secondary N) is 2. The maximum Gasteiger partial charge on any atom is 0.278 e. The van der Waals surface area contributed by atoms with Gasteiger partial charge in [0.15, 0.2) is 11.5 Å². The Hall–Kier alpha value is -3.35. The normalized spacial score (nSPS) is 14.2. The van der Waals surface area contributed by atoms with E-state index in [4.69, 9.17) is 0 Å². The van der Waals surface area contributed by atoms with E-state index in [1.165, 1.54) is 22.4 Å². The number of hydrogen-bond donors (Lipinski definition) is 2. The highest BCUT2D eigenvalue weighted by molar-refractivity contribution is 5.97.